The number of nitrogens with one attached hydrogen (secondary N) is 1. The summed E-state index contributed by atoms with van der Waals surface area (Å²) >= 11 is 3.29. The minimum atomic E-state index is -3.77. The van der Waals surface area contributed by atoms with E-state index in [1.54, 1.807) is 37.3 Å². The van der Waals surface area contributed by atoms with Crippen molar-refractivity contribution < 1.29 is 22.4 Å². The van der Waals surface area contributed by atoms with E-state index in [0.29, 0.717) is 34.6 Å². The van der Waals surface area contributed by atoms with Gasteiger partial charge in [0.15, 0.2) is 0 Å². The molecule has 0 unspecified atom stereocenters. The molecule has 0 saturated carbocycles. The molecule has 6 nitrogen and oxygen atoms in total. The van der Waals surface area contributed by atoms with Gasteiger partial charge in [-0.3, -0.25) is 4.72 Å². The Balaban J connectivity index is 1.77. The van der Waals surface area contributed by atoms with E-state index in [2.05, 4.69) is 27.6 Å². The molecule has 0 atom stereocenters. The molecule has 0 aliphatic heterocycles. The highest BCUT2D eigenvalue weighted by atomic mass is 79.9. The van der Waals surface area contributed by atoms with E-state index in [0.717, 1.165) is 30.2 Å². The summed E-state index contributed by atoms with van der Waals surface area (Å²) in [5, 5.41) is 0.518. The van der Waals surface area contributed by atoms with Crippen LogP contribution in [0.1, 0.15) is 55.1 Å². The Bertz CT molecular complexity index is 1150. The maximum absolute atomic E-state index is 12.7. The molecule has 0 aliphatic carbocycles. The first-order valence-corrected chi connectivity index (χ1v) is 12.6. The molecule has 31 heavy (non-hydrogen) atoms. The summed E-state index contributed by atoms with van der Waals surface area (Å²) in [4.78, 5) is 12.8. The molecule has 3 aromatic rings. The van der Waals surface area contributed by atoms with Gasteiger partial charge in [-0.05, 0) is 55.8 Å². The third-order valence-electron chi connectivity index (χ3n) is 4.93. The first-order valence-electron chi connectivity index (χ1n) is 10.3. The van der Waals surface area contributed by atoms with E-state index >= 15 is 0 Å². The van der Waals surface area contributed by atoms with E-state index in [1.165, 1.54) is 18.6 Å². The number of rotatable bonds is 10. The third-order valence-corrected chi connectivity index (χ3v) is 6.85. The largest absolute Gasteiger partial charge is 0.462 e. The zero-order chi connectivity index (χ0) is 22.4. The number of furan rings is 1. The first kappa shape index (κ1) is 23.3. The summed E-state index contributed by atoms with van der Waals surface area (Å²) < 4.78 is 39.8. The lowest BCUT2D eigenvalue weighted by atomic mass is 10.1. The molecule has 166 valence electrons. The molecular weight excluding hydrogens is 482 g/mol. The predicted molar refractivity (Wildman–Crippen MR) is 125 cm³/mol. The van der Waals surface area contributed by atoms with Crippen molar-refractivity contribution in [3.63, 3.8) is 0 Å². The second-order valence-electron chi connectivity index (χ2n) is 7.35. The van der Waals surface area contributed by atoms with Crippen LogP contribution in [0.3, 0.4) is 0 Å². The molecule has 0 aliphatic rings. The maximum atomic E-state index is 12.7. The van der Waals surface area contributed by atoms with Crippen LogP contribution in [0.25, 0.3) is 11.0 Å². The number of anilines is 1. The van der Waals surface area contributed by atoms with Crippen LogP contribution in [0.2, 0.25) is 0 Å². The lowest BCUT2D eigenvalue weighted by molar-refractivity contribution is 0.0497. The van der Waals surface area contributed by atoms with Crippen LogP contribution in [-0.4, -0.2) is 21.0 Å². The molecule has 2 aromatic carbocycles. The molecule has 1 N–H and O–H groups in total. The normalized spacial score (nSPS) is 11.6. The fourth-order valence-corrected chi connectivity index (χ4v) is 4.62. The topological polar surface area (TPSA) is 85.6 Å². The van der Waals surface area contributed by atoms with Crippen LogP contribution in [0, 0.1) is 6.92 Å². The molecule has 0 amide bonds. The average molecular weight is 508 g/mol. The summed E-state index contributed by atoms with van der Waals surface area (Å²) in [5.41, 5.74) is 1.16. The van der Waals surface area contributed by atoms with Gasteiger partial charge in [0.25, 0.3) is 10.0 Å². The monoisotopic (exact) mass is 507 g/mol. The smallest absolute Gasteiger partial charge is 0.342 e. The van der Waals surface area contributed by atoms with Gasteiger partial charge < -0.3 is 9.15 Å². The summed E-state index contributed by atoms with van der Waals surface area (Å²) in [5.74, 6) is -0.0152. The second-order valence-corrected chi connectivity index (χ2v) is 9.95. The highest BCUT2D eigenvalue weighted by Crippen LogP contribution is 2.30. The molecule has 3 rings (SSSR count). The van der Waals surface area contributed by atoms with Gasteiger partial charge in [-0.15, -0.1) is 0 Å². The van der Waals surface area contributed by atoms with E-state index < -0.39 is 16.0 Å². The van der Waals surface area contributed by atoms with Crippen molar-refractivity contribution in [2.45, 2.75) is 50.8 Å². The number of carbonyl (C=O) groups excluding carboxylic acids is 1. The van der Waals surface area contributed by atoms with Gasteiger partial charge >= 0.3 is 5.97 Å². The Hall–Kier alpha value is -2.32. The first-order chi connectivity index (χ1) is 14.8. The highest BCUT2D eigenvalue weighted by molar-refractivity contribution is 9.10. The highest BCUT2D eigenvalue weighted by Gasteiger charge is 2.21. The number of ether oxygens (including phenoxy) is 1. The maximum Gasteiger partial charge on any atom is 0.342 e. The van der Waals surface area contributed by atoms with Crippen molar-refractivity contribution in [1.82, 2.24) is 0 Å². The predicted octanol–water partition coefficient (Wildman–Crippen LogP) is 6.43. The molecule has 8 heteroatoms. The van der Waals surface area contributed by atoms with Crippen LogP contribution < -0.4 is 4.72 Å². The minimum absolute atomic E-state index is 0.141. The molecule has 1 aromatic heterocycles. The standard InChI is InChI=1S/C23H26BrNO5S/c1-3-4-5-6-7-14-29-23(26)22-16(2)30-21-13-10-18(15-20(21)22)25-31(27,28)19-11-8-17(24)9-12-19/h8-13,15,25H,3-7,14H2,1-2H3. The van der Waals surface area contributed by atoms with Gasteiger partial charge in [0.05, 0.1) is 11.5 Å². The van der Waals surface area contributed by atoms with Crippen LogP contribution in [-0.2, 0) is 14.8 Å². The fourth-order valence-electron chi connectivity index (χ4n) is 3.31. The SMILES string of the molecule is CCCCCCCOC(=O)c1c(C)oc2ccc(NS(=O)(=O)c3ccc(Br)cc3)cc12. The molecule has 0 spiro atoms. The van der Waals surface area contributed by atoms with Crippen molar-refractivity contribution in [3.05, 3.63) is 58.3 Å². The number of esters is 1. The molecule has 0 saturated heterocycles. The van der Waals surface area contributed by atoms with Gasteiger partial charge in [-0.1, -0.05) is 48.5 Å². The Morgan fingerprint density at radius 3 is 2.48 bits per heavy atom. The van der Waals surface area contributed by atoms with E-state index in [-0.39, 0.29) is 4.90 Å². The number of carbonyl (C=O) groups is 1. The number of hydrogen-bond acceptors (Lipinski definition) is 5. The van der Waals surface area contributed by atoms with Crippen LogP contribution >= 0.6 is 15.9 Å². The lowest BCUT2D eigenvalue weighted by Crippen LogP contribution is -2.13. The molecule has 0 radical (unpaired) electrons. The van der Waals surface area contributed by atoms with Gasteiger partial charge in [0, 0.05) is 15.5 Å². The fraction of sp³-hybridized carbons (Fsp3) is 0.348. The summed E-state index contributed by atoms with van der Waals surface area (Å²) in [6.07, 6.45) is 5.31. The minimum Gasteiger partial charge on any atom is -0.462 e. The second kappa shape index (κ2) is 10.3. The van der Waals surface area contributed by atoms with E-state index in [1.807, 2.05) is 0 Å². The number of sulfonamides is 1. The summed E-state index contributed by atoms with van der Waals surface area (Å²) in [6.45, 7) is 4.20. The number of aryl methyl sites for hydroxylation is 1. The zero-order valence-corrected chi connectivity index (χ0v) is 20.0. The van der Waals surface area contributed by atoms with Crippen LogP contribution in [0.15, 0.2) is 56.2 Å². The molecule has 1 heterocycles. The number of hydrogen-bond donors (Lipinski definition) is 1. The number of halogens is 1. The van der Waals surface area contributed by atoms with Gasteiger partial charge in [0.2, 0.25) is 0 Å². The summed E-state index contributed by atoms with van der Waals surface area (Å²) in [6, 6.07) is 11.2. The number of fused-ring (bicyclic) bond motifs is 1. The quantitative estimate of drug-likeness (QED) is 0.252. The zero-order valence-electron chi connectivity index (χ0n) is 17.6. The van der Waals surface area contributed by atoms with Gasteiger partial charge in [-0.25, -0.2) is 13.2 Å². The number of unbranched alkanes of at least 4 members (excludes halogenated alkanes) is 4. The van der Waals surface area contributed by atoms with Crippen LogP contribution in [0.5, 0.6) is 0 Å². The van der Waals surface area contributed by atoms with Crippen molar-refractivity contribution in [2.75, 3.05) is 11.3 Å². The lowest BCUT2D eigenvalue weighted by Gasteiger charge is -2.09. The van der Waals surface area contributed by atoms with Crippen LogP contribution in [0.4, 0.5) is 5.69 Å². The van der Waals surface area contributed by atoms with Crippen molar-refractivity contribution in [1.29, 1.82) is 0 Å². The van der Waals surface area contributed by atoms with E-state index in [4.69, 9.17) is 9.15 Å². The molecule has 0 bridgehead atoms. The third kappa shape index (κ3) is 5.89. The van der Waals surface area contributed by atoms with Crippen molar-refractivity contribution >= 4 is 48.6 Å². The Labute approximate surface area is 191 Å². The van der Waals surface area contributed by atoms with Crippen molar-refractivity contribution in [2.24, 2.45) is 0 Å². The van der Waals surface area contributed by atoms with Gasteiger partial charge in [-0.2, -0.15) is 0 Å². The summed E-state index contributed by atoms with van der Waals surface area (Å²) in [7, 11) is -3.77. The molecule has 0 fully saturated rings. The van der Waals surface area contributed by atoms with Gasteiger partial charge in [0.1, 0.15) is 16.9 Å². The Morgan fingerprint density at radius 2 is 1.77 bits per heavy atom. The number of benzene rings is 2. The van der Waals surface area contributed by atoms with Crippen molar-refractivity contribution in [3.8, 4) is 0 Å². The molecular formula is C23H26BrNO5S. The average Bonchev–Trinajstić information content (AvgIpc) is 3.05. The Morgan fingerprint density at radius 1 is 1.06 bits per heavy atom. The Kier molecular flexibility index (Phi) is 7.78. The van der Waals surface area contributed by atoms with E-state index in [9.17, 15) is 13.2 Å².